The molecule has 114 valence electrons. The van der Waals surface area contributed by atoms with Gasteiger partial charge in [-0.2, -0.15) is 13.2 Å². The molecule has 1 aliphatic rings. The number of halogens is 3. The van der Waals surface area contributed by atoms with Crippen molar-refractivity contribution in [3.8, 4) is 0 Å². The number of nitrogens with zero attached hydrogens (tertiary/aromatic N) is 1. The van der Waals surface area contributed by atoms with Gasteiger partial charge in [-0.1, -0.05) is 0 Å². The molecule has 19 heavy (non-hydrogen) atoms. The van der Waals surface area contributed by atoms with Crippen LogP contribution < -0.4 is 5.32 Å². The third-order valence-corrected chi connectivity index (χ3v) is 4.46. The molecular formula is C14H27F3N2. The molecule has 1 N–H and O–H groups in total. The number of alkyl halides is 3. The van der Waals surface area contributed by atoms with Crippen LogP contribution in [0.3, 0.4) is 0 Å². The summed E-state index contributed by atoms with van der Waals surface area (Å²) in [5.41, 5.74) is 0. The maximum absolute atomic E-state index is 12.1. The average molecular weight is 280 g/mol. The first-order valence-corrected chi connectivity index (χ1v) is 7.29. The molecule has 0 aromatic carbocycles. The monoisotopic (exact) mass is 280 g/mol. The van der Waals surface area contributed by atoms with Crippen molar-refractivity contribution in [1.29, 1.82) is 0 Å². The normalized spacial score (nSPS) is 26.7. The Hall–Kier alpha value is -0.290. The van der Waals surface area contributed by atoms with Crippen molar-refractivity contribution in [2.75, 3.05) is 14.1 Å². The molecular weight excluding hydrogens is 253 g/mol. The Balaban J connectivity index is 2.26. The number of nitrogens with one attached hydrogen (secondary N) is 1. The Bertz CT molecular complexity index is 248. The van der Waals surface area contributed by atoms with Gasteiger partial charge in [0.2, 0.25) is 0 Å². The third kappa shape index (κ3) is 6.13. The van der Waals surface area contributed by atoms with E-state index in [4.69, 9.17) is 0 Å². The van der Waals surface area contributed by atoms with Gasteiger partial charge in [-0.05, 0) is 59.5 Å². The molecule has 2 nitrogen and oxygen atoms in total. The Morgan fingerprint density at radius 1 is 1.21 bits per heavy atom. The van der Waals surface area contributed by atoms with Crippen LogP contribution in [0.4, 0.5) is 13.2 Å². The van der Waals surface area contributed by atoms with E-state index < -0.39 is 12.6 Å². The van der Waals surface area contributed by atoms with E-state index in [2.05, 4.69) is 17.3 Å². The van der Waals surface area contributed by atoms with Gasteiger partial charge >= 0.3 is 6.18 Å². The average Bonchev–Trinajstić information content (AvgIpc) is 2.36. The minimum atomic E-state index is -4.01. The molecule has 0 aliphatic heterocycles. The molecule has 1 rings (SSSR count). The van der Waals surface area contributed by atoms with E-state index >= 15 is 0 Å². The summed E-state index contributed by atoms with van der Waals surface area (Å²) < 4.78 is 36.4. The molecule has 1 atom stereocenters. The van der Waals surface area contributed by atoms with Crippen LogP contribution in [0.2, 0.25) is 0 Å². The molecule has 0 saturated heterocycles. The van der Waals surface area contributed by atoms with Crippen molar-refractivity contribution < 1.29 is 13.2 Å². The van der Waals surface area contributed by atoms with Gasteiger partial charge in [0.25, 0.3) is 0 Å². The molecule has 0 aromatic heterocycles. The fraction of sp³-hybridized carbons (Fsp3) is 1.00. The molecule has 1 fully saturated rings. The van der Waals surface area contributed by atoms with Crippen molar-refractivity contribution in [3.05, 3.63) is 0 Å². The zero-order valence-electron chi connectivity index (χ0n) is 12.3. The molecule has 0 heterocycles. The van der Waals surface area contributed by atoms with E-state index in [-0.39, 0.29) is 12.5 Å². The maximum atomic E-state index is 12.1. The lowest BCUT2D eigenvalue weighted by Gasteiger charge is -2.38. The SMILES string of the molecule is CNC1CCC(N(C)C(C)CCCC(F)(F)F)CC1. The molecule has 0 amide bonds. The molecule has 1 saturated carbocycles. The number of hydrogen-bond acceptors (Lipinski definition) is 2. The summed E-state index contributed by atoms with van der Waals surface area (Å²) >= 11 is 0. The second-order valence-electron chi connectivity index (χ2n) is 5.82. The van der Waals surface area contributed by atoms with Gasteiger partial charge in [-0.3, -0.25) is 0 Å². The zero-order chi connectivity index (χ0) is 14.5. The van der Waals surface area contributed by atoms with Gasteiger partial charge in [-0.25, -0.2) is 0 Å². The van der Waals surface area contributed by atoms with E-state index in [0.717, 1.165) is 12.8 Å². The third-order valence-electron chi connectivity index (χ3n) is 4.46. The van der Waals surface area contributed by atoms with Crippen LogP contribution in [0, 0.1) is 0 Å². The van der Waals surface area contributed by atoms with Gasteiger partial charge in [0.15, 0.2) is 0 Å². The second-order valence-corrected chi connectivity index (χ2v) is 5.82. The van der Waals surface area contributed by atoms with Crippen LogP contribution >= 0.6 is 0 Å². The summed E-state index contributed by atoms with van der Waals surface area (Å²) in [4.78, 5) is 2.28. The highest BCUT2D eigenvalue weighted by Crippen LogP contribution is 2.26. The Kier molecular flexibility index (Phi) is 6.60. The highest BCUT2D eigenvalue weighted by Gasteiger charge is 2.28. The van der Waals surface area contributed by atoms with Crippen molar-refractivity contribution in [2.24, 2.45) is 0 Å². The lowest BCUT2D eigenvalue weighted by molar-refractivity contribution is -0.136. The predicted molar refractivity (Wildman–Crippen MR) is 72.2 cm³/mol. The zero-order valence-corrected chi connectivity index (χ0v) is 12.3. The minimum Gasteiger partial charge on any atom is -0.317 e. The smallest absolute Gasteiger partial charge is 0.317 e. The summed E-state index contributed by atoms with van der Waals surface area (Å²) in [6, 6.07) is 1.38. The summed E-state index contributed by atoms with van der Waals surface area (Å²) in [5, 5.41) is 3.30. The fourth-order valence-corrected chi connectivity index (χ4v) is 2.93. The largest absolute Gasteiger partial charge is 0.389 e. The standard InChI is InChI=1S/C14H27F3N2/c1-11(5-4-10-14(15,16)17)19(3)13-8-6-12(18-2)7-9-13/h11-13,18H,4-10H2,1-3H3. The first-order valence-electron chi connectivity index (χ1n) is 7.29. The second kappa shape index (κ2) is 7.48. The predicted octanol–water partition coefficient (Wildman–Crippen LogP) is 3.57. The van der Waals surface area contributed by atoms with Crippen molar-refractivity contribution in [3.63, 3.8) is 0 Å². The van der Waals surface area contributed by atoms with Gasteiger partial charge in [-0.15, -0.1) is 0 Å². The molecule has 5 heteroatoms. The summed E-state index contributed by atoms with van der Waals surface area (Å²) in [7, 11) is 4.05. The van der Waals surface area contributed by atoms with Gasteiger partial charge in [0.05, 0.1) is 0 Å². The van der Waals surface area contributed by atoms with E-state index in [1.54, 1.807) is 0 Å². The summed E-state index contributed by atoms with van der Waals surface area (Å²) in [6.45, 7) is 2.04. The fourth-order valence-electron chi connectivity index (χ4n) is 2.93. The van der Waals surface area contributed by atoms with Crippen LogP contribution in [-0.2, 0) is 0 Å². The molecule has 0 bridgehead atoms. The highest BCUT2D eigenvalue weighted by atomic mass is 19.4. The van der Waals surface area contributed by atoms with Gasteiger partial charge in [0, 0.05) is 24.5 Å². The van der Waals surface area contributed by atoms with Gasteiger partial charge < -0.3 is 10.2 Å². The van der Waals surface area contributed by atoms with E-state index in [9.17, 15) is 13.2 Å². The highest BCUT2D eigenvalue weighted by molar-refractivity contribution is 4.83. The summed E-state index contributed by atoms with van der Waals surface area (Å²) in [5.74, 6) is 0. The Labute approximate surface area is 114 Å². The summed E-state index contributed by atoms with van der Waals surface area (Å²) in [6.07, 6.45) is 0.822. The van der Waals surface area contributed by atoms with Crippen molar-refractivity contribution in [2.45, 2.75) is 76.2 Å². The maximum Gasteiger partial charge on any atom is 0.389 e. The quantitative estimate of drug-likeness (QED) is 0.800. The van der Waals surface area contributed by atoms with Crippen molar-refractivity contribution >= 4 is 0 Å². The first-order chi connectivity index (χ1) is 8.83. The molecule has 1 unspecified atom stereocenters. The van der Waals surface area contributed by atoms with E-state index in [0.29, 0.717) is 18.5 Å². The molecule has 0 radical (unpaired) electrons. The van der Waals surface area contributed by atoms with Crippen LogP contribution in [0.25, 0.3) is 0 Å². The molecule has 1 aliphatic carbocycles. The molecule has 0 aromatic rings. The lowest BCUT2D eigenvalue weighted by atomic mass is 9.89. The lowest BCUT2D eigenvalue weighted by Crippen LogP contribution is -2.43. The minimum absolute atomic E-state index is 0.235. The van der Waals surface area contributed by atoms with Crippen LogP contribution in [0.5, 0.6) is 0 Å². The van der Waals surface area contributed by atoms with E-state index in [1.807, 2.05) is 14.0 Å². The number of rotatable bonds is 6. The molecule has 0 spiro atoms. The topological polar surface area (TPSA) is 15.3 Å². The Morgan fingerprint density at radius 2 is 1.79 bits per heavy atom. The van der Waals surface area contributed by atoms with E-state index in [1.165, 1.54) is 12.8 Å². The van der Waals surface area contributed by atoms with Crippen LogP contribution in [-0.4, -0.2) is 43.3 Å². The van der Waals surface area contributed by atoms with Crippen LogP contribution in [0.15, 0.2) is 0 Å². The van der Waals surface area contributed by atoms with Gasteiger partial charge in [0.1, 0.15) is 0 Å². The van der Waals surface area contributed by atoms with Crippen LogP contribution in [0.1, 0.15) is 51.9 Å². The first kappa shape index (κ1) is 16.8. The number of hydrogen-bond donors (Lipinski definition) is 1. The Morgan fingerprint density at radius 3 is 2.26 bits per heavy atom. The van der Waals surface area contributed by atoms with Crippen molar-refractivity contribution in [1.82, 2.24) is 10.2 Å².